The predicted molar refractivity (Wildman–Crippen MR) is 86.8 cm³/mol. The summed E-state index contributed by atoms with van der Waals surface area (Å²) in [4.78, 5) is 0. The van der Waals surface area contributed by atoms with E-state index in [1.54, 1.807) is 6.21 Å². The number of aryl methyl sites for hydroxylation is 2. The first kappa shape index (κ1) is 15.6. The molecule has 0 aliphatic heterocycles. The van der Waals surface area contributed by atoms with E-state index in [2.05, 4.69) is 54.8 Å². The molecule has 2 N–H and O–H groups in total. The van der Waals surface area contributed by atoms with Crippen LogP contribution < -0.4 is 10.7 Å². The summed E-state index contributed by atoms with van der Waals surface area (Å²) in [6.07, 6.45) is 5.38. The number of benzene rings is 1. The molecule has 0 radical (unpaired) electrons. The van der Waals surface area contributed by atoms with E-state index in [-0.39, 0.29) is 0 Å². The lowest BCUT2D eigenvalue weighted by Crippen LogP contribution is -2.32. The summed E-state index contributed by atoms with van der Waals surface area (Å²) in [6, 6.07) is 6.28. The summed E-state index contributed by atoms with van der Waals surface area (Å²) in [7, 11) is 0. The van der Waals surface area contributed by atoms with Gasteiger partial charge in [0, 0.05) is 6.54 Å². The van der Waals surface area contributed by atoms with Crippen LogP contribution in [0.2, 0.25) is 0 Å². The third-order valence-corrected chi connectivity index (χ3v) is 3.10. The second kappa shape index (κ2) is 8.64. The fraction of sp³-hybridized carbons (Fsp3) is 0.467. The van der Waals surface area contributed by atoms with Crippen molar-refractivity contribution in [2.75, 3.05) is 6.54 Å². The first-order valence-corrected chi connectivity index (χ1v) is 7.18. The van der Waals surface area contributed by atoms with Crippen LogP contribution in [0.15, 0.2) is 23.3 Å². The van der Waals surface area contributed by atoms with E-state index >= 15 is 0 Å². The Morgan fingerprint density at radius 2 is 2.11 bits per heavy atom. The van der Waals surface area contributed by atoms with Crippen LogP contribution in [0.25, 0.3) is 0 Å². The van der Waals surface area contributed by atoms with Crippen LogP contribution in [0.4, 0.5) is 0 Å². The highest BCUT2D eigenvalue weighted by Gasteiger charge is 1.95. The average molecular weight is 277 g/mol. The Balaban J connectivity index is 2.34. The third-order valence-electron chi connectivity index (χ3n) is 2.86. The van der Waals surface area contributed by atoms with Gasteiger partial charge in [-0.15, -0.1) is 0 Å². The molecule has 0 atom stereocenters. The lowest BCUT2D eigenvalue weighted by molar-refractivity contribution is 0.691. The maximum Gasteiger partial charge on any atom is 0.186 e. The van der Waals surface area contributed by atoms with Crippen LogP contribution in [-0.4, -0.2) is 17.9 Å². The second-order valence-electron chi connectivity index (χ2n) is 4.69. The summed E-state index contributed by atoms with van der Waals surface area (Å²) < 4.78 is 0. The van der Waals surface area contributed by atoms with Crippen molar-refractivity contribution in [2.24, 2.45) is 5.10 Å². The maximum atomic E-state index is 5.14. The number of nitrogens with zero attached hydrogens (tertiary/aromatic N) is 1. The Hall–Kier alpha value is -1.42. The Labute approximate surface area is 121 Å². The molecular formula is C15H23N3S. The standard InChI is InChI=1S/C15H23N3S/c1-4-5-6-9-16-15(19)18-17-11-14-8-7-12(2)10-13(14)3/h7-8,10-11H,4-6,9H2,1-3H3,(H2,16,18,19)/b17-11-. The summed E-state index contributed by atoms with van der Waals surface area (Å²) in [5.41, 5.74) is 6.42. The van der Waals surface area contributed by atoms with Crippen LogP contribution in [0.1, 0.15) is 42.9 Å². The van der Waals surface area contributed by atoms with E-state index in [1.807, 2.05) is 0 Å². The van der Waals surface area contributed by atoms with Gasteiger partial charge >= 0.3 is 0 Å². The van der Waals surface area contributed by atoms with Gasteiger partial charge in [0.25, 0.3) is 0 Å². The minimum absolute atomic E-state index is 0.581. The third kappa shape index (κ3) is 6.34. The monoisotopic (exact) mass is 277 g/mol. The molecule has 1 rings (SSSR count). The van der Waals surface area contributed by atoms with Crippen LogP contribution in [-0.2, 0) is 0 Å². The largest absolute Gasteiger partial charge is 0.361 e. The molecular weight excluding hydrogens is 254 g/mol. The van der Waals surface area contributed by atoms with Crippen LogP contribution in [0.5, 0.6) is 0 Å². The Kier molecular flexibility index (Phi) is 7.11. The zero-order valence-electron chi connectivity index (χ0n) is 12.0. The minimum Gasteiger partial charge on any atom is -0.361 e. The van der Waals surface area contributed by atoms with Crippen LogP contribution in [0, 0.1) is 13.8 Å². The zero-order chi connectivity index (χ0) is 14.1. The molecule has 0 heterocycles. The molecule has 0 aliphatic carbocycles. The summed E-state index contributed by atoms with van der Waals surface area (Å²) in [5, 5.41) is 7.87. The van der Waals surface area contributed by atoms with E-state index in [0.29, 0.717) is 5.11 Å². The molecule has 0 fully saturated rings. The van der Waals surface area contributed by atoms with E-state index in [4.69, 9.17) is 12.2 Å². The molecule has 0 saturated heterocycles. The van der Waals surface area contributed by atoms with Gasteiger partial charge in [-0.05, 0) is 43.6 Å². The van der Waals surface area contributed by atoms with Crippen molar-refractivity contribution < 1.29 is 0 Å². The van der Waals surface area contributed by atoms with Gasteiger partial charge in [-0.25, -0.2) is 0 Å². The quantitative estimate of drug-likeness (QED) is 0.362. The molecule has 0 amide bonds. The van der Waals surface area contributed by atoms with Crippen molar-refractivity contribution in [1.29, 1.82) is 0 Å². The number of hydrogen-bond donors (Lipinski definition) is 2. The molecule has 3 nitrogen and oxygen atoms in total. The molecule has 0 aromatic heterocycles. The summed E-state index contributed by atoms with van der Waals surface area (Å²) in [6.45, 7) is 7.25. The van der Waals surface area contributed by atoms with Gasteiger partial charge < -0.3 is 5.32 Å². The highest BCUT2D eigenvalue weighted by atomic mass is 32.1. The molecule has 0 bridgehead atoms. The van der Waals surface area contributed by atoms with Crippen molar-refractivity contribution in [3.05, 3.63) is 34.9 Å². The summed E-state index contributed by atoms with van der Waals surface area (Å²) >= 11 is 5.14. The second-order valence-corrected chi connectivity index (χ2v) is 5.10. The number of unbranched alkanes of at least 4 members (excludes halogenated alkanes) is 2. The van der Waals surface area contributed by atoms with Crippen molar-refractivity contribution in [3.8, 4) is 0 Å². The van der Waals surface area contributed by atoms with E-state index in [0.717, 1.165) is 18.5 Å². The zero-order valence-corrected chi connectivity index (χ0v) is 12.8. The Morgan fingerprint density at radius 3 is 2.79 bits per heavy atom. The topological polar surface area (TPSA) is 36.4 Å². The number of nitrogens with one attached hydrogen (secondary N) is 2. The fourth-order valence-electron chi connectivity index (χ4n) is 1.75. The summed E-state index contributed by atoms with van der Waals surface area (Å²) in [5.74, 6) is 0. The molecule has 104 valence electrons. The molecule has 1 aromatic rings. The van der Waals surface area contributed by atoms with Gasteiger partial charge in [-0.1, -0.05) is 43.5 Å². The first-order valence-electron chi connectivity index (χ1n) is 6.77. The predicted octanol–water partition coefficient (Wildman–Crippen LogP) is 3.29. The Bertz CT molecular complexity index is 441. The van der Waals surface area contributed by atoms with Crippen molar-refractivity contribution in [2.45, 2.75) is 40.0 Å². The number of rotatable bonds is 6. The van der Waals surface area contributed by atoms with Crippen molar-refractivity contribution in [3.63, 3.8) is 0 Å². The smallest absolute Gasteiger partial charge is 0.186 e. The Morgan fingerprint density at radius 1 is 1.32 bits per heavy atom. The highest BCUT2D eigenvalue weighted by Crippen LogP contribution is 2.07. The van der Waals surface area contributed by atoms with E-state index in [1.165, 1.54) is 24.0 Å². The normalized spacial score (nSPS) is 10.7. The van der Waals surface area contributed by atoms with Crippen LogP contribution in [0.3, 0.4) is 0 Å². The lowest BCUT2D eigenvalue weighted by atomic mass is 10.1. The van der Waals surface area contributed by atoms with Gasteiger partial charge in [-0.2, -0.15) is 5.10 Å². The number of thiocarbonyl (C=S) groups is 1. The average Bonchev–Trinajstić information content (AvgIpc) is 2.37. The maximum absolute atomic E-state index is 5.14. The molecule has 1 aromatic carbocycles. The van der Waals surface area contributed by atoms with Gasteiger partial charge in [0.2, 0.25) is 0 Å². The van der Waals surface area contributed by atoms with E-state index < -0.39 is 0 Å². The van der Waals surface area contributed by atoms with Crippen LogP contribution >= 0.6 is 12.2 Å². The minimum atomic E-state index is 0.581. The van der Waals surface area contributed by atoms with Gasteiger partial charge in [0.15, 0.2) is 5.11 Å². The lowest BCUT2D eigenvalue weighted by Gasteiger charge is -2.06. The van der Waals surface area contributed by atoms with Crippen molar-refractivity contribution >= 4 is 23.5 Å². The molecule has 4 heteroatoms. The number of hydrazone groups is 1. The van der Waals surface area contributed by atoms with Gasteiger partial charge in [0.05, 0.1) is 6.21 Å². The molecule has 0 saturated carbocycles. The molecule has 0 spiro atoms. The highest BCUT2D eigenvalue weighted by molar-refractivity contribution is 7.80. The van der Waals surface area contributed by atoms with Gasteiger partial charge in [0.1, 0.15) is 0 Å². The van der Waals surface area contributed by atoms with Gasteiger partial charge in [-0.3, -0.25) is 5.43 Å². The fourth-order valence-corrected chi connectivity index (χ4v) is 1.90. The molecule has 19 heavy (non-hydrogen) atoms. The molecule has 0 unspecified atom stereocenters. The first-order chi connectivity index (χ1) is 9.13. The SMILES string of the molecule is CCCCCNC(=S)N/N=C\c1ccc(C)cc1C. The number of hydrogen-bond acceptors (Lipinski definition) is 2. The molecule has 0 aliphatic rings. The van der Waals surface area contributed by atoms with E-state index in [9.17, 15) is 0 Å². The van der Waals surface area contributed by atoms with Crippen molar-refractivity contribution in [1.82, 2.24) is 10.7 Å².